The summed E-state index contributed by atoms with van der Waals surface area (Å²) in [5, 5.41) is 58.3. The highest BCUT2D eigenvalue weighted by Crippen LogP contribution is 2.32. The van der Waals surface area contributed by atoms with Crippen LogP contribution in [0.15, 0.2) is 41.6 Å². The third-order valence-electron chi connectivity index (χ3n) is 8.65. The van der Waals surface area contributed by atoms with Gasteiger partial charge in [0.15, 0.2) is 6.61 Å². The van der Waals surface area contributed by atoms with Gasteiger partial charge < -0.3 is 50.1 Å². The van der Waals surface area contributed by atoms with Crippen LogP contribution in [-0.4, -0.2) is 122 Å². The van der Waals surface area contributed by atoms with Gasteiger partial charge in [-0.2, -0.15) is 0 Å². The number of amides is 2. The first-order valence-corrected chi connectivity index (χ1v) is 17.6. The van der Waals surface area contributed by atoms with Crippen LogP contribution in [0.1, 0.15) is 61.9 Å². The molecule has 0 aromatic heterocycles. The van der Waals surface area contributed by atoms with Gasteiger partial charge in [-0.05, 0) is 50.3 Å². The first-order valence-electron chi connectivity index (χ1n) is 16.6. The Morgan fingerprint density at radius 1 is 1.08 bits per heavy atom. The molecule has 0 radical (unpaired) electrons. The second-order valence-corrected chi connectivity index (χ2v) is 13.6. The molecule has 1 aromatic rings. The number of phenolic OH excluding ortho intramolecular Hbond substituents is 2. The van der Waals surface area contributed by atoms with Gasteiger partial charge in [0.1, 0.15) is 34.7 Å². The fourth-order valence-electron chi connectivity index (χ4n) is 5.85. The molecular formula is C34H47N3O11S. The molecule has 2 saturated heterocycles. The molecule has 4 rings (SSSR count). The van der Waals surface area contributed by atoms with Gasteiger partial charge >= 0.3 is 5.97 Å². The lowest BCUT2D eigenvalue weighted by atomic mass is 9.92. The van der Waals surface area contributed by atoms with Gasteiger partial charge in [-0.25, -0.2) is 4.79 Å². The number of carbonyl (C=O) groups excluding carboxylic acids is 3. The number of thioether (sulfide) groups is 1. The van der Waals surface area contributed by atoms with E-state index in [-0.39, 0.29) is 59.8 Å². The zero-order valence-corrected chi connectivity index (χ0v) is 28.6. The highest BCUT2D eigenvalue weighted by Gasteiger charge is 2.42. The first kappa shape index (κ1) is 38.2. The molecule has 7 atom stereocenters. The molecular weight excluding hydrogens is 658 g/mol. The highest BCUT2D eigenvalue weighted by atomic mass is 32.2. The lowest BCUT2D eigenvalue weighted by molar-refractivity contribution is -0.176. The van der Waals surface area contributed by atoms with E-state index in [0.717, 1.165) is 37.1 Å². The number of rotatable bonds is 8. The minimum atomic E-state index is -1.24. The number of piperidine rings is 1. The fraction of sp³-hybridized carbons (Fsp3) is 0.588. The van der Waals surface area contributed by atoms with E-state index in [1.165, 1.54) is 6.07 Å². The molecule has 270 valence electrons. The van der Waals surface area contributed by atoms with E-state index < -0.39 is 53.5 Å². The number of benzene rings is 1. The Hall–Kier alpha value is -3.63. The van der Waals surface area contributed by atoms with Crippen LogP contribution in [-0.2, 0) is 30.3 Å². The zero-order valence-electron chi connectivity index (χ0n) is 27.8. The number of aliphatic hydroxyl groups is 3. The lowest BCUT2D eigenvalue weighted by Crippen LogP contribution is -2.53. The standard InChI is InChI=1S/C34H47N3O11S/c1-20-8-6-9-23(35-28(41)19-49-34-32(44)31(43)21(2)27(17-38)48-34)10-7-11-24(36-46-18-29(42)37-12-4-3-5-13-37)14-22-15-25(39)16-26(40)30(22)33(45)47-20/h6-7,9,11,15-16,20-21,23,27,31-32,34,38-40,43-44H,3-5,8,10,12-14,17-19H2,1-2H3,(H,35,41)/b9-6+,11-7+,36-24?/t20-,21+,23+,27?,31?,32-,34-/m1/s1. The van der Waals surface area contributed by atoms with Crippen molar-refractivity contribution < 1.29 is 54.2 Å². The van der Waals surface area contributed by atoms with Gasteiger partial charge in [-0.15, -0.1) is 11.8 Å². The molecule has 3 aliphatic heterocycles. The smallest absolute Gasteiger partial charge is 0.342 e. The number of allylic oxidation sites excluding steroid dienone is 1. The van der Waals surface area contributed by atoms with Crippen molar-refractivity contribution >= 4 is 35.3 Å². The Morgan fingerprint density at radius 2 is 1.84 bits per heavy atom. The molecule has 3 aliphatic rings. The van der Waals surface area contributed by atoms with Crippen LogP contribution in [0.3, 0.4) is 0 Å². The van der Waals surface area contributed by atoms with Crippen molar-refractivity contribution in [3.05, 3.63) is 47.6 Å². The number of hydrogen-bond donors (Lipinski definition) is 6. The average Bonchev–Trinajstić information content (AvgIpc) is 3.06. The average molecular weight is 706 g/mol. The number of hydrogen-bond acceptors (Lipinski definition) is 13. The summed E-state index contributed by atoms with van der Waals surface area (Å²) in [6.45, 7) is 4.04. The maximum atomic E-state index is 13.2. The van der Waals surface area contributed by atoms with Crippen LogP contribution >= 0.6 is 11.8 Å². The van der Waals surface area contributed by atoms with E-state index in [0.29, 0.717) is 25.9 Å². The first-order chi connectivity index (χ1) is 23.5. The predicted molar refractivity (Wildman–Crippen MR) is 181 cm³/mol. The van der Waals surface area contributed by atoms with Gasteiger partial charge in [-0.1, -0.05) is 30.3 Å². The Bertz CT molecular complexity index is 1400. The third kappa shape index (κ3) is 10.9. The number of fused-ring (bicyclic) bond motifs is 1. The van der Waals surface area contributed by atoms with Gasteiger partial charge in [-0.3, -0.25) is 9.59 Å². The molecule has 0 aliphatic carbocycles. The third-order valence-corrected chi connectivity index (χ3v) is 9.80. The summed E-state index contributed by atoms with van der Waals surface area (Å²) in [6, 6.07) is 1.87. The molecule has 0 saturated carbocycles. The number of ether oxygens (including phenoxy) is 2. The molecule has 1 aromatic carbocycles. The van der Waals surface area contributed by atoms with Crippen LogP contribution in [0.25, 0.3) is 0 Å². The summed E-state index contributed by atoms with van der Waals surface area (Å²) in [6.07, 6.45) is 6.70. The van der Waals surface area contributed by atoms with Gasteiger partial charge in [0.25, 0.3) is 5.91 Å². The van der Waals surface area contributed by atoms with Crippen LogP contribution in [0.4, 0.5) is 0 Å². The summed E-state index contributed by atoms with van der Waals surface area (Å²) in [4.78, 5) is 46.0. The molecule has 15 heteroatoms. The van der Waals surface area contributed by atoms with E-state index >= 15 is 0 Å². The molecule has 2 amide bonds. The van der Waals surface area contributed by atoms with Crippen molar-refractivity contribution in [2.45, 2.75) is 88.3 Å². The Morgan fingerprint density at radius 3 is 2.57 bits per heavy atom. The van der Waals surface area contributed by atoms with Crippen molar-refractivity contribution in [1.29, 1.82) is 0 Å². The SMILES string of the molecule is C[C@H]1C(CO)O[C@H](SCC(=O)N[C@H]2/C=C/C[C@@H](C)OC(=O)c3c(O)cc(O)cc3CC(=NOCC(=O)N3CCCCC3)/C=C/C2)[C@H](O)C1O. The number of carbonyl (C=O) groups is 3. The number of aliphatic hydroxyl groups excluding tert-OH is 3. The fourth-order valence-corrected chi connectivity index (χ4v) is 6.83. The summed E-state index contributed by atoms with van der Waals surface area (Å²) in [5.41, 5.74) is -0.534. The van der Waals surface area contributed by atoms with Crippen molar-refractivity contribution in [1.82, 2.24) is 10.2 Å². The van der Waals surface area contributed by atoms with E-state index in [1.807, 2.05) is 0 Å². The summed E-state index contributed by atoms with van der Waals surface area (Å²) < 4.78 is 11.3. The molecule has 3 heterocycles. The zero-order chi connectivity index (χ0) is 35.5. The van der Waals surface area contributed by atoms with Crippen LogP contribution in [0.2, 0.25) is 0 Å². The van der Waals surface area contributed by atoms with Crippen LogP contribution in [0, 0.1) is 5.92 Å². The van der Waals surface area contributed by atoms with Gasteiger partial charge in [0.05, 0.1) is 36.3 Å². The van der Waals surface area contributed by atoms with Gasteiger partial charge in [0, 0.05) is 37.9 Å². The van der Waals surface area contributed by atoms with Crippen molar-refractivity contribution in [2.75, 3.05) is 32.1 Å². The molecule has 2 unspecified atom stereocenters. The summed E-state index contributed by atoms with van der Waals surface area (Å²) in [7, 11) is 0. The normalized spacial score (nSPS) is 30.4. The Kier molecular flexibility index (Phi) is 14.3. The number of phenols is 2. The quantitative estimate of drug-likeness (QED) is 0.130. The monoisotopic (exact) mass is 705 g/mol. The van der Waals surface area contributed by atoms with Crippen LogP contribution < -0.4 is 5.32 Å². The molecule has 14 nitrogen and oxygen atoms in total. The lowest BCUT2D eigenvalue weighted by Gasteiger charge is -2.40. The summed E-state index contributed by atoms with van der Waals surface area (Å²) in [5.74, 6) is -2.67. The number of oxime groups is 1. The van der Waals surface area contributed by atoms with Crippen molar-refractivity contribution in [3.8, 4) is 11.5 Å². The highest BCUT2D eigenvalue weighted by molar-refractivity contribution is 8.00. The number of esters is 1. The number of likely N-dealkylation sites (tertiary alicyclic amines) is 1. The summed E-state index contributed by atoms with van der Waals surface area (Å²) >= 11 is 1.01. The predicted octanol–water partition coefficient (Wildman–Crippen LogP) is 1.77. The maximum Gasteiger partial charge on any atom is 0.342 e. The van der Waals surface area contributed by atoms with E-state index in [9.17, 15) is 39.9 Å². The topological polar surface area (TPSA) is 208 Å². The Labute approximate surface area is 289 Å². The van der Waals surface area contributed by atoms with Gasteiger partial charge in [0.2, 0.25) is 5.91 Å². The molecule has 0 spiro atoms. The largest absolute Gasteiger partial charge is 0.508 e. The Balaban J connectivity index is 1.50. The minimum Gasteiger partial charge on any atom is -0.508 e. The molecule has 2 fully saturated rings. The second kappa shape index (κ2) is 18.4. The second-order valence-electron chi connectivity index (χ2n) is 12.5. The number of nitrogens with zero attached hydrogens (tertiary/aromatic N) is 2. The van der Waals surface area contributed by atoms with E-state index in [4.69, 9.17) is 14.3 Å². The van der Waals surface area contributed by atoms with Crippen LogP contribution in [0.5, 0.6) is 11.5 Å². The number of cyclic esters (lactones) is 1. The number of nitrogens with one attached hydrogen (secondary N) is 1. The molecule has 0 bridgehead atoms. The maximum absolute atomic E-state index is 13.2. The number of aromatic hydroxyl groups is 2. The van der Waals surface area contributed by atoms with Crippen molar-refractivity contribution in [2.24, 2.45) is 11.1 Å². The van der Waals surface area contributed by atoms with E-state index in [1.54, 1.807) is 43.1 Å². The molecule has 6 N–H and O–H groups in total. The van der Waals surface area contributed by atoms with E-state index in [2.05, 4.69) is 10.5 Å². The van der Waals surface area contributed by atoms with Crippen molar-refractivity contribution in [3.63, 3.8) is 0 Å². The minimum absolute atomic E-state index is 0.0678. The molecule has 49 heavy (non-hydrogen) atoms.